The minimum atomic E-state index is 0.252. The molecule has 0 spiro atoms. The molecule has 0 N–H and O–H groups in total. The van der Waals surface area contributed by atoms with Crippen molar-refractivity contribution < 1.29 is 4.79 Å². The molecule has 2 aromatic rings. The van der Waals surface area contributed by atoms with E-state index in [1.54, 1.807) is 0 Å². The molecule has 0 bridgehead atoms. The first-order chi connectivity index (χ1) is 9.17. The Bertz CT molecular complexity index is 558. The van der Waals surface area contributed by atoms with E-state index in [9.17, 15) is 4.79 Å². The van der Waals surface area contributed by atoms with Crippen LogP contribution in [0.25, 0.3) is 0 Å². The van der Waals surface area contributed by atoms with Gasteiger partial charge in [-0.1, -0.05) is 59.3 Å². The molecule has 0 unspecified atom stereocenters. The van der Waals surface area contributed by atoms with Gasteiger partial charge in [-0.3, -0.25) is 4.79 Å². The SMILES string of the molecule is CCc1ccc(CC(=O)Cc2cccc(Br)c2)cc1. The second-order valence-corrected chi connectivity index (χ2v) is 5.61. The number of hydrogen-bond donors (Lipinski definition) is 0. The fraction of sp³-hybridized carbons (Fsp3) is 0.235. The van der Waals surface area contributed by atoms with Crippen molar-refractivity contribution >= 4 is 21.7 Å². The van der Waals surface area contributed by atoms with Gasteiger partial charge < -0.3 is 0 Å². The maximum atomic E-state index is 12.0. The topological polar surface area (TPSA) is 17.1 Å². The molecule has 2 aromatic carbocycles. The monoisotopic (exact) mass is 316 g/mol. The number of benzene rings is 2. The van der Waals surface area contributed by atoms with Gasteiger partial charge in [0.05, 0.1) is 0 Å². The lowest BCUT2D eigenvalue weighted by Gasteiger charge is -2.04. The maximum Gasteiger partial charge on any atom is 0.141 e. The van der Waals surface area contributed by atoms with Crippen LogP contribution in [-0.2, 0) is 24.1 Å². The Kier molecular flexibility index (Phi) is 4.92. The molecule has 0 fully saturated rings. The van der Waals surface area contributed by atoms with Gasteiger partial charge in [-0.25, -0.2) is 0 Å². The van der Waals surface area contributed by atoms with E-state index in [0.29, 0.717) is 12.8 Å². The highest BCUT2D eigenvalue weighted by atomic mass is 79.9. The van der Waals surface area contributed by atoms with E-state index in [1.807, 2.05) is 24.3 Å². The van der Waals surface area contributed by atoms with Gasteiger partial charge in [0.1, 0.15) is 5.78 Å². The third-order valence-corrected chi connectivity index (χ3v) is 3.62. The Morgan fingerprint density at radius 1 is 0.947 bits per heavy atom. The molecule has 0 aromatic heterocycles. The largest absolute Gasteiger partial charge is 0.299 e. The molecule has 1 nitrogen and oxygen atoms in total. The van der Waals surface area contributed by atoms with Crippen LogP contribution in [0.15, 0.2) is 53.0 Å². The van der Waals surface area contributed by atoms with Gasteiger partial charge in [0.25, 0.3) is 0 Å². The summed E-state index contributed by atoms with van der Waals surface area (Å²) in [6.45, 7) is 2.13. The number of Topliss-reactive ketones (excluding diaryl/α,β-unsaturated/α-hetero) is 1. The van der Waals surface area contributed by atoms with Crippen molar-refractivity contribution in [3.8, 4) is 0 Å². The zero-order valence-electron chi connectivity index (χ0n) is 11.0. The van der Waals surface area contributed by atoms with Gasteiger partial charge in [0, 0.05) is 17.3 Å². The average Bonchev–Trinajstić information content (AvgIpc) is 2.39. The van der Waals surface area contributed by atoms with Crippen LogP contribution >= 0.6 is 15.9 Å². The predicted molar refractivity (Wildman–Crippen MR) is 82.4 cm³/mol. The van der Waals surface area contributed by atoms with E-state index in [-0.39, 0.29) is 5.78 Å². The lowest BCUT2D eigenvalue weighted by atomic mass is 10.0. The summed E-state index contributed by atoms with van der Waals surface area (Å²) in [5.74, 6) is 0.252. The van der Waals surface area contributed by atoms with Crippen LogP contribution in [0.3, 0.4) is 0 Å². The molecule has 19 heavy (non-hydrogen) atoms. The number of carbonyl (C=O) groups excluding carboxylic acids is 1. The summed E-state index contributed by atoms with van der Waals surface area (Å²) in [6.07, 6.45) is 2.04. The van der Waals surface area contributed by atoms with Gasteiger partial charge in [-0.2, -0.15) is 0 Å². The lowest BCUT2D eigenvalue weighted by Crippen LogP contribution is -2.06. The summed E-state index contributed by atoms with van der Waals surface area (Å²) >= 11 is 3.42. The summed E-state index contributed by atoms with van der Waals surface area (Å²) in [6, 6.07) is 16.2. The standard InChI is InChI=1S/C17H17BrO/c1-2-13-6-8-14(9-7-13)11-17(19)12-15-4-3-5-16(18)10-15/h3-10H,2,11-12H2,1H3. The lowest BCUT2D eigenvalue weighted by molar-refractivity contribution is -0.117. The molecule has 0 aliphatic heterocycles. The Balaban J connectivity index is 1.97. The first-order valence-electron chi connectivity index (χ1n) is 6.51. The highest BCUT2D eigenvalue weighted by molar-refractivity contribution is 9.10. The summed E-state index contributed by atoms with van der Waals surface area (Å²) in [4.78, 5) is 12.0. The van der Waals surface area contributed by atoms with E-state index in [4.69, 9.17) is 0 Å². The summed E-state index contributed by atoms with van der Waals surface area (Å²) in [7, 11) is 0. The van der Waals surface area contributed by atoms with Crippen molar-refractivity contribution in [2.75, 3.05) is 0 Å². The number of halogens is 1. The maximum absolute atomic E-state index is 12.0. The van der Waals surface area contributed by atoms with Crippen molar-refractivity contribution in [1.29, 1.82) is 0 Å². The Labute approximate surface area is 122 Å². The third kappa shape index (κ3) is 4.32. The zero-order chi connectivity index (χ0) is 13.7. The Hall–Kier alpha value is -1.41. The highest BCUT2D eigenvalue weighted by Crippen LogP contribution is 2.13. The van der Waals surface area contributed by atoms with Crippen LogP contribution in [0, 0.1) is 0 Å². The second kappa shape index (κ2) is 6.67. The second-order valence-electron chi connectivity index (χ2n) is 4.69. The third-order valence-electron chi connectivity index (χ3n) is 3.12. The van der Waals surface area contributed by atoms with Gasteiger partial charge in [0.15, 0.2) is 0 Å². The number of carbonyl (C=O) groups is 1. The first kappa shape index (κ1) is 14.0. The normalized spacial score (nSPS) is 10.4. The fourth-order valence-corrected chi connectivity index (χ4v) is 2.50. The van der Waals surface area contributed by atoms with Gasteiger partial charge in [-0.15, -0.1) is 0 Å². The summed E-state index contributed by atoms with van der Waals surface area (Å²) < 4.78 is 1.02. The minimum absolute atomic E-state index is 0.252. The van der Waals surface area contributed by atoms with Crippen LogP contribution in [0.1, 0.15) is 23.6 Å². The van der Waals surface area contributed by atoms with Crippen molar-refractivity contribution in [3.05, 3.63) is 69.7 Å². The number of hydrogen-bond acceptors (Lipinski definition) is 1. The molecule has 0 amide bonds. The molecule has 0 radical (unpaired) electrons. The van der Waals surface area contributed by atoms with E-state index in [2.05, 4.69) is 47.1 Å². The highest BCUT2D eigenvalue weighted by Gasteiger charge is 2.05. The molecule has 0 saturated heterocycles. The molecule has 0 atom stereocenters. The van der Waals surface area contributed by atoms with Gasteiger partial charge in [-0.05, 0) is 35.2 Å². The van der Waals surface area contributed by atoms with Crippen LogP contribution in [0.5, 0.6) is 0 Å². The van der Waals surface area contributed by atoms with Crippen molar-refractivity contribution in [2.45, 2.75) is 26.2 Å². The van der Waals surface area contributed by atoms with E-state index in [0.717, 1.165) is 22.0 Å². The zero-order valence-corrected chi connectivity index (χ0v) is 12.6. The molecule has 2 heteroatoms. The molecular formula is C17H17BrO. The summed E-state index contributed by atoms with van der Waals surface area (Å²) in [5.41, 5.74) is 3.46. The minimum Gasteiger partial charge on any atom is -0.299 e. The van der Waals surface area contributed by atoms with E-state index in [1.165, 1.54) is 5.56 Å². The molecular weight excluding hydrogens is 300 g/mol. The van der Waals surface area contributed by atoms with Crippen LogP contribution in [0.2, 0.25) is 0 Å². The summed E-state index contributed by atoms with van der Waals surface area (Å²) in [5, 5.41) is 0. The number of aryl methyl sites for hydroxylation is 1. The molecule has 0 aliphatic rings. The molecule has 98 valence electrons. The van der Waals surface area contributed by atoms with Crippen LogP contribution in [-0.4, -0.2) is 5.78 Å². The molecule has 0 aliphatic carbocycles. The molecule has 0 saturated carbocycles. The predicted octanol–water partition coefficient (Wildman–Crippen LogP) is 4.37. The van der Waals surface area contributed by atoms with Crippen molar-refractivity contribution in [1.82, 2.24) is 0 Å². The van der Waals surface area contributed by atoms with Gasteiger partial charge in [0.2, 0.25) is 0 Å². The first-order valence-corrected chi connectivity index (χ1v) is 7.30. The van der Waals surface area contributed by atoms with E-state index >= 15 is 0 Å². The quantitative estimate of drug-likeness (QED) is 0.800. The Morgan fingerprint density at radius 2 is 1.58 bits per heavy atom. The molecule has 2 rings (SSSR count). The average molecular weight is 317 g/mol. The number of rotatable bonds is 5. The smallest absolute Gasteiger partial charge is 0.141 e. The van der Waals surface area contributed by atoms with Crippen molar-refractivity contribution in [3.63, 3.8) is 0 Å². The number of ketones is 1. The van der Waals surface area contributed by atoms with Crippen LogP contribution < -0.4 is 0 Å². The van der Waals surface area contributed by atoms with E-state index < -0.39 is 0 Å². The van der Waals surface area contributed by atoms with Crippen LogP contribution in [0.4, 0.5) is 0 Å². The van der Waals surface area contributed by atoms with Crippen molar-refractivity contribution in [2.24, 2.45) is 0 Å². The van der Waals surface area contributed by atoms with Gasteiger partial charge >= 0.3 is 0 Å². The molecule has 0 heterocycles. The Morgan fingerprint density at radius 3 is 2.21 bits per heavy atom. The fourth-order valence-electron chi connectivity index (χ4n) is 2.06.